The first-order valence-electron chi connectivity index (χ1n) is 5.90. The number of aliphatic hydroxyl groups excluding tert-OH is 2. The van der Waals surface area contributed by atoms with E-state index in [4.69, 9.17) is 14.9 Å². The van der Waals surface area contributed by atoms with Gasteiger partial charge in [0.05, 0.1) is 13.2 Å². The van der Waals surface area contributed by atoms with Crippen LogP contribution in [0.4, 0.5) is 0 Å². The van der Waals surface area contributed by atoms with Crippen molar-refractivity contribution in [3.8, 4) is 5.75 Å². The van der Waals surface area contributed by atoms with Crippen LogP contribution in [-0.2, 0) is 0 Å². The Balaban J connectivity index is 2.33. The summed E-state index contributed by atoms with van der Waals surface area (Å²) in [4.78, 5) is 1.97. The number of para-hydroxylation sites is 1. The molecule has 0 unspecified atom stereocenters. The van der Waals surface area contributed by atoms with Gasteiger partial charge in [-0.1, -0.05) is 18.2 Å². The largest absolute Gasteiger partial charge is 0.492 e. The molecule has 4 nitrogen and oxygen atoms in total. The fraction of sp³-hybridized carbons (Fsp3) is 0.538. The van der Waals surface area contributed by atoms with E-state index in [0.717, 1.165) is 11.3 Å². The minimum atomic E-state index is 0.102. The lowest BCUT2D eigenvalue weighted by molar-refractivity contribution is 0.141. The van der Waals surface area contributed by atoms with Gasteiger partial charge in [0, 0.05) is 19.6 Å². The fourth-order valence-electron chi connectivity index (χ4n) is 1.62. The third kappa shape index (κ3) is 5.17. The topological polar surface area (TPSA) is 52.9 Å². The average molecular weight is 239 g/mol. The molecule has 0 bridgehead atoms. The molecule has 0 radical (unpaired) electrons. The number of rotatable bonds is 8. The van der Waals surface area contributed by atoms with E-state index in [1.54, 1.807) is 0 Å². The summed E-state index contributed by atoms with van der Waals surface area (Å²) in [5.41, 5.74) is 1.11. The maximum atomic E-state index is 8.86. The number of ether oxygens (including phenoxy) is 1. The van der Waals surface area contributed by atoms with Crippen LogP contribution in [0.3, 0.4) is 0 Å². The van der Waals surface area contributed by atoms with Gasteiger partial charge in [-0.2, -0.15) is 0 Å². The Morgan fingerprint density at radius 2 is 1.71 bits per heavy atom. The molecule has 0 aliphatic carbocycles. The third-order valence-corrected chi connectivity index (χ3v) is 2.59. The first kappa shape index (κ1) is 14.0. The van der Waals surface area contributed by atoms with Crippen molar-refractivity contribution in [2.24, 2.45) is 0 Å². The van der Waals surface area contributed by atoms with Gasteiger partial charge in [0.25, 0.3) is 0 Å². The van der Waals surface area contributed by atoms with Gasteiger partial charge in [-0.3, -0.25) is 4.90 Å². The molecule has 0 amide bonds. The van der Waals surface area contributed by atoms with Crippen molar-refractivity contribution in [3.05, 3.63) is 29.8 Å². The predicted molar refractivity (Wildman–Crippen MR) is 67.3 cm³/mol. The van der Waals surface area contributed by atoms with Gasteiger partial charge in [-0.05, 0) is 18.6 Å². The zero-order valence-corrected chi connectivity index (χ0v) is 10.3. The number of benzene rings is 1. The standard InChI is InChI=1S/C13H21NO3/c1-12-4-2-3-5-13(12)17-11-8-14(6-9-15)7-10-16/h2-5,15-16H,6-11H2,1H3. The van der Waals surface area contributed by atoms with Crippen LogP contribution in [-0.4, -0.2) is 54.6 Å². The van der Waals surface area contributed by atoms with E-state index >= 15 is 0 Å². The Morgan fingerprint density at radius 3 is 2.29 bits per heavy atom. The molecule has 96 valence electrons. The maximum absolute atomic E-state index is 8.86. The van der Waals surface area contributed by atoms with E-state index in [9.17, 15) is 0 Å². The number of hydrogen-bond acceptors (Lipinski definition) is 4. The van der Waals surface area contributed by atoms with Gasteiger partial charge in [-0.25, -0.2) is 0 Å². The van der Waals surface area contributed by atoms with E-state index in [1.807, 2.05) is 36.1 Å². The highest BCUT2D eigenvalue weighted by Crippen LogP contribution is 2.15. The van der Waals surface area contributed by atoms with E-state index in [-0.39, 0.29) is 13.2 Å². The SMILES string of the molecule is Cc1ccccc1OCCN(CCO)CCO. The van der Waals surface area contributed by atoms with Gasteiger partial charge in [-0.15, -0.1) is 0 Å². The zero-order chi connectivity index (χ0) is 12.5. The van der Waals surface area contributed by atoms with E-state index in [0.29, 0.717) is 26.2 Å². The Bertz CT molecular complexity index is 311. The molecule has 4 heteroatoms. The molecular formula is C13H21NO3. The first-order chi connectivity index (χ1) is 8.27. The van der Waals surface area contributed by atoms with Gasteiger partial charge >= 0.3 is 0 Å². The molecule has 2 N–H and O–H groups in total. The molecular weight excluding hydrogens is 218 g/mol. The Labute approximate surface area is 102 Å². The highest BCUT2D eigenvalue weighted by Gasteiger charge is 2.04. The van der Waals surface area contributed by atoms with Crippen LogP contribution in [0, 0.1) is 6.92 Å². The second-order valence-electron chi connectivity index (χ2n) is 3.90. The van der Waals surface area contributed by atoms with E-state index in [2.05, 4.69) is 0 Å². The van der Waals surface area contributed by atoms with Crippen molar-refractivity contribution in [3.63, 3.8) is 0 Å². The minimum absolute atomic E-state index is 0.102. The van der Waals surface area contributed by atoms with Crippen LogP contribution in [0.5, 0.6) is 5.75 Å². The molecule has 1 aromatic carbocycles. The van der Waals surface area contributed by atoms with Gasteiger partial charge in [0.2, 0.25) is 0 Å². The number of nitrogens with zero attached hydrogens (tertiary/aromatic N) is 1. The highest BCUT2D eigenvalue weighted by atomic mass is 16.5. The second-order valence-corrected chi connectivity index (χ2v) is 3.90. The lowest BCUT2D eigenvalue weighted by Crippen LogP contribution is -2.33. The van der Waals surface area contributed by atoms with Crippen molar-refractivity contribution >= 4 is 0 Å². The van der Waals surface area contributed by atoms with Gasteiger partial charge < -0.3 is 14.9 Å². The summed E-state index contributed by atoms with van der Waals surface area (Å²) in [6, 6.07) is 7.87. The molecule has 0 atom stereocenters. The molecule has 0 fully saturated rings. The third-order valence-electron chi connectivity index (χ3n) is 2.59. The lowest BCUT2D eigenvalue weighted by Gasteiger charge is -2.20. The normalized spacial score (nSPS) is 10.8. The molecule has 1 rings (SSSR count). The van der Waals surface area contributed by atoms with Crippen LogP contribution >= 0.6 is 0 Å². The number of aliphatic hydroxyl groups is 2. The summed E-state index contributed by atoms with van der Waals surface area (Å²) < 4.78 is 5.65. The molecule has 0 saturated heterocycles. The summed E-state index contributed by atoms with van der Waals surface area (Å²) in [6.45, 7) is 4.61. The molecule has 0 aliphatic rings. The molecule has 0 spiro atoms. The molecule has 17 heavy (non-hydrogen) atoms. The quantitative estimate of drug-likeness (QED) is 0.700. The average Bonchev–Trinajstić information content (AvgIpc) is 2.32. The molecule has 1 aromatic rings. The smallest absolute Gasteiger partial charge is 0.122 e. The van der Waals surface area contributed by atoms with Gasteiger partial charge in [0.1, 0.15) is 12.4 Å². The summed E-state index contributed by atoms with van der Waals surface area (Å²) in [5.74, 6) is 0.889. The van der Waals surface area contributed by atoms with Crippen LogP contribution in [0.15, 0.2) is 24.3 Å². The van der Waals surface area contributed by atoms with Crippen molar-refractivity contribution in [1.29, 1.82) is 0 Å². The molecule has 0 saturated carbocycles. The summed E-state index contributed by atoms with van der Waals surface area (Å²) in [5, 5.41) is 17.7. The zero-order valence-electron chi connectivity index (χ0n) is 10.3. The van der Waals surface area contributed by atoms with Gasteiger partial charge in [0.15, 0.2) is 0 Å². The monoisotopic (exact) mass is 239 g/mol. The van der Waals surface area contributed by atoms with E-state index < -0.39 is 0 Å². The first-order valence-corrected chi connectivity index (χ1v) is 5.90. The van der Waals surface area contributed by atoms with Crippen LogP contribution < -0.4 is 4.74 Å². The predicted octanol–water partition coefficient (Wildman–Crippen LogP) is 0.660. The molecule has 0 heterocycles. The lowest BCUT2D eigenvalue weighted by atomic mass is 10.2. The fourth-order valence-corrected chi connectivity index (χ4v) is 1.62. The van der Waals surface area contributed by atoms with Crippen LogP contribution in [0.1, 0.15) is 5.56 Å². The highest BCUT2D eigenvalue weighted by molar-refractivity contribution is 5.31. The molecule has 0 aliphatic heterocycles. The minimum Gasteiger partial charge on any atom is -0.492 e. The summed E-state index contributed by atoms with van der Waals surface area (Å²) in [7, 11) is 0. The second kappa shape index (κ2) is 8.06. The van der Waals surface area contributed by atoms with Crippen molar-refractivity contribution < 1.29 is 14.9 Å². The maximum Gasteiger partial charge on any atom is 0.122 e. The Morgan fingerprint density at radius 1 is 1.06 bits per heavy atom. The van der Waals surface area contributed by atoms with Crippen molar-refractivity contribution in [2.75, 3.05) is 39.5 Å². The van der Waals surface area contributed by atoms with Crippen molar-refractivity contribution in [1.82, 2.24) is 4.90 Å². The van der Waals surface area contributed by atoms with Crippen LogP contribution in [0.2, 0.25) is 0 Å². The molecule has 0 aromatic heterocycles. The summed E-state index contributed by atoms with van der Waals surface area (Å²) in [6.07, 6.45) is 0. The van der Waals surface area contributed by atoms with E-state index in [1.165, 1.54) is 0 Å². The Hall–Kier alpha value is -1.10. The summed E-state index contributed by atoms with van der Waals surface area (Å²) >= 11 is 0. The van der Waals surface area contributed by atoms with Crippen LogP contribution in [0.25, 0.3) is 0 Å². The number of aryl methyl sites for hydroxylation is 1. The Kier molecular flexibility index (Phi) is 6.62. The van der Waals surface area contributed by atoms with Crippen molar-refractivity contribution in [2.45, 2.75) is 6.92 Å². The number of hydrogen-bond donors (Lipinski definition) is 2.